The summed E-state index contributed by atoms with van der Waals surface area (Å²) >= 11 is 0. The number of rotatable bonds is 2. The van der Waals surface area contributed by atoms with Crippen molar-refractivity contribution < 1.29 is 19.4 Å². The summed E-state index contributed by atoms with van der Waals surface area (Å²) in [6, 6.07) is 0.0194. The van der Waals surface area contributed by atoms with E-state index in [0.29, 0.717) is 26.1 Å². The third kappa shape index (κ3) is 3.00. The summed E-state index contributed by atoms with van der Waals surface area (Å²) in [4.78, 5) is 26.8. The Morgan fingerprint density at radius 2 is 2.11 bits per heavy atom. The third-order valence-corrected chi connectivity index (χ3v) is 4.18. The van der Waals surface area contributed by atoms with Gasteiger partial charge in [0, 0.05) is 26.7 Å². The van der Waals surface area contributed by atoms with E-state index < -0.39 is 11.9 Å². The van der Waals surface area contributed by atoms with Crippen molar-refractivity contribution in [3.8, 4) is 0 Å². The van der Waals surface area contributed by atoms with E-state index in [0.717, 1.165) is 12.8 Å². The number of aliphatic carboxylic acids is 1. The summed E-state index contributed by atoms with van der Waals surface area (Å²) < 4.78 is 5.48. The van der Waals surface area contributed by atoms with E-state index in [1.807, 2.05) is 6.92 Å². The zero-order valence-corrected chi connectivity index (χ0v) is 11.5. The largest absolute Gasteiger partial charge is 0.481 e. The van der Waals surface area contributed by atoms with Crippen molar-refractivity contribution in [3.05, 3.63) is 0 Å². The molecule has 6 heteroatoms. The van der Waals surface area contributed by atoms with Gasteiger partial charge < -0.3 is 19.6 Å². The highest BCUT2D eigenvalue weighted by molar-refractivity contribution is 5.76. The van der Waals surface area contributed by atoms with Crippen molar-refractivity contribution in [2.45, 2.75) is 38.3 Å². The quantitative estimate of drug-likeness (QED) is 0.813. The SMILES string of the molecule is CC1OCCC1N(C)C(=O)N1CCC[C@@H](C(=O)O)C1. The zero-order chi connectivity index (χ0) is 14.0. The number of amides is 2. The molecule has 0 saturated carbocycles. The van der Waals surface area contributed by atoms with E-state index in [1.54, 1.807) is 16.8 Å². The van der Waals surface area contributed by atoms with E-state index in [9.17, 15) is 9.59 Å². The zero-order valence-electron chi connectivity index (χ0n) is 11.5. The molecule has 2 aliphatic heterocycles. The van der Waals surface area contributed by atoms with Crippen LogP contribution in [0.3, 0.4) is 0 Å². The van der Waals surface area contributed by atoms with Crippen LogP contribution >= 0.6 is 0 Å². The van der Waals surface area contributed by atoms with Crippen LogP contribution in [0.25, 0.3) is 0 Å². The van der Waals surface area contributed by atoms with Crippen molar-refractivity contribution in [2.75, 3.05) is 26.7 Å². The van der Waals surface area contributed by atoms with E-state index >= 15 is 0 Å². The molecule has 0 aromatic rings. The minimum absolute atomic E-state index is 0.0500. The molecule has 1 N–H and O–H groups in total. The number of likely N-dealkylation sites (tertiary alicyclic amines) is 1. The Morgan fingerprint density at radius 3 is 2.68 bits per heavy atom. The molecular formula is C13H22N2O4. The van der Waals surface area contributed by atoms with Gasteiger partial charge in [-0.1, -0.05) is 0 Å². The molecule has 0 aromatic carbocycles. The van der Waals surface area contributed by atoms with Gasteiger partial charge in [0.25, 0.3) is 0 Å². The van der Waals surface area contributed by atoms with Gasteiger partial charge in [-0.25, -0.2) is 4.79 Å². The van der Waals surface area contributed by atoms with Gasteiger partial charge in [0.1, 0.15) is 0 Å². The molecule has 3 atom stereocenters. The summed E-state index contributed by atoms with van der Waals surface area (Å²) in [6.07, 6.45) is 2.31. The van der Waals surface area contributed by atoms with Gasteiger partial charge >= 0.3 is 12.0 Å². The van der Waals surface area contributed by atoms with Gasteiger partial charge in [0.05, 0.1) is 18.1 Å². The molecule has 2 rings (SSSR count). The monoisotopic (exact) mass is 270 g/mol. The Balaban J connectivity index is 1.96. The fourth-order valence-electron chi connectivity index (χ4n) is 2.95. The first-order valence-corrected chi connectivity index (χ1v) is 6.87. The second kappa shape index (κ2) is 5.77. The van der Waals surface area contributed by atoms with E-state index in [4.69, 9.17) is 9.84 Å². The predicted molar refractivity (Wildman–Crippen MR) is 68.9 cm³/mol. The molecule has 2 amide bonds. The fraction of sp³-hybridized carbons (Fsp3) is 0.846. The first-order chi connectivity index (χ1) is 9.00. The fourth-order valence-corrected chi connectivity index (χ4v) is 2.95. The maximum absolute atomic E-state index is 12.4. The molecule has 19 heavy (non-hydrogen) atoms. The lowest BCUT2D eigenvalue weighted by Crippen LogP contribution is -2.51. The van der Waals surface area contributed by atoms with E-state index in [1.165, 1.54) is 0 Å². The second-order valence-corrected chi connectivity index (χ2v) is 5.45. The molecule has 0 aromatic heterocycles. The minimum atomic E-state index is -0.808. The number of carboxylic acid groups (broad SMARTS) is 1. The second-order valence-electron chi connectivity index (χ2n) is 5.45. The molecule has 0 spiro atoms. The molecule has 2 unspecified atom stereocenters. The van der Waals surface area contributed by atoms with Crippen LogP contribution < -0.4 is 0 Å². The topological polar surface area (TPSA) is 70.1 Å². The van der Waals surface area contributed by atoms with Gasteiger partial charge in [-0.15, -0.1) is 0 Å². The van der Waals surface area contributed by atoms with Crippen LogP contribution in [0, 0.1) is 5.92 Å². The number of urea groups is 1. The molecular weight excluding hydrogens is 248 g/mol. The average Bonchev–Trinajstić information content (AvgIpc) is 2.83. The summed E-state index contributed by atoms with van der Waals surface area (Å²) in [5, 5.41) is 9.06. The number of likely N-dealkylation sites (N-methyl/N-ethyl adjacent to an activating group) is 1. The van der Waals surface area contributed by atoms with Crippen molar-refractivity contribution >= 4 is 12.0 Å². The first kappa shape index (κ1) is 14.1. The van der Waals surface area contributed by atoms with Crippen LogP contribution in [0.1, 0.15) is 26.2 Å². The number of carbonyl (C=O) groups is 2. The van der Waals surface area contributed by atoms with Crippen molar-refractivity contribution in [2.24, 2.45) is 5.92 Å². The molecule has 2 fully saturated rings. The molecule has 0 aliphatic carbocycles. The maximum Gasteiger partial charge on any atom is 0.320 e. The van der Waals surface area contributed by atoms with Crippen LogP contribution in [-0.4, -0.2) is 65.8 Å². The number of carbonyl (C=O) groups excluding carboxylic acids is 1. The number of nitrogens with zero attached hydrogens (tertiary/aromatic N) is 2. The van der Waals surface area contributed by atoms with Gasteiger partial charge in [0.2, 0.25) is 0 Å². The lowest BCUT2D eigenvalue weighted by atomic mass is 9.98. The van der Waals surface area contributed by atoms with Gasteiger partial charge in [-0.3, -0.25) is 4.79 Å². The minimum Gasteiger partial charge on any atom is -0.481 e. The van der Waals surface area contributed by atoms with E-state index in [-0.39, 0.29) is 18.2 Å². The summed E-state index contributed by atoms with van der Waals surface area (Å²) in [7, 11) is 1.78. The van der Waals surface area contributed by atoms with Crippen LogP contribution in [0.5, 0.6) is 0 Å². The maximum atomic E-state index is 12.4. The molecule has 6 nitrogen and oxygen atoms in total. The van der Waals surface area contributed by atoms with Gasteiger partial charge in [-0.05, 0) is 26.2 Å². The highest BCUT2D eigenvalue weighted by Crippen LogP contribution is 2.22. The van der Waals surface area contributed by atoms with Crippen LogP contribution in [-0.2, 0) is 9.53 Å². The van der Waals surface area contributed by atoms with Crippen LogP contribution in [0.4, 0.5) is 4.79 Å². The highest BCUT2D eigenvalue weighted by atomic mass is 16.5. The Hall–Kier alpha value is -1.30. The van der Waals surface area contributed by atoms with Crippen LogP contribution in [0.2, 0.25) is 0 Å². The highest BCUT2D eigenvalue weighted by Gasteiger charge is 2.35. The van der Waals surface area contributed by atoms with E-state index in [2.05, 4.69) is 0 Å². The molecule has 108 valence electrons. The predicted octanol–water partition coefficient (Wildman–Crippen LogP) is 1.01. The summed E-state index contributed by atoms with van der Waals surface area (Å²) in [5.74, 6) is -1.24. The van der Waals surface area contributed by atoms with Crippen LogP contribution in [0.15, 0.2) is 0 Å². The average molecular weight is 270 g/mol. The smallest absolute Gasteiger partial charge is 0.320 e. The number of carboxylic acids is 1. The van der Waals surface area contributed by atoms with Crippen molar-refractivity contribution in [1.29, 1.82) is 0 Å². The van der Waals surface area contributed by atoms with Gasteiger partial charge in [-0.2, -0.15) is 0 Å². The number of piperidine rings is 1. The number of ether oxygens (including phenoxy) is 1. The Morgan fingerprint density at radius 1 is 1.37 bits per heavy atom. The molecule has 0 radical (unpaired) electrons. The van der Waals surface area contributed by atoms with Crippen molar-refractivity contribution in [3.63, 3.8) is 0 Å². The molecule has 2 saturated heterocycles. The summed E-state index contributed by atoms with van der Waals surface area (Å²) in [6.45, 7) is 3.62. The first-order valence-electron chi connectivity index (χ1n) is 6.87. The lowest BCUT2D eigenvalue weighted by Gasteiger charge is -2.36. The lowest BCUT2D eigenvalue weighted by molar-refractivity contribution is -0.143. The Kier molecular flexibility index (Phi) is 4.29. The number of hydrogen-bond acceptors (Lipinski definition) is 3. The Labute approximate surface area is 113 Å². The normalized spacial score (nSPS) is 31.3. The molecule has 2 aliphatic rings. The van der Waals surface area contributed by atoms with Gasteiger partial charge in [0.15, 0.2) is 0 Å². The molecule has 2 heterocycles. The van der Waals surface area contributed by atoms with Crippen molar-refractivity contribution in [1.82, 2.24) is 9.80 Å². The Bertz CT molecular complexity index is 361. The molecule has 0 bridgehead atoms. The summed E-state index contributed by atoms with van der Waals surface area (Å²) in [5.41, 5.74) is 0. The third-order valence-electron chi connectivity index (χ3n) is 4.18. The number of hydrogen-bond donors (Lipinski definition) is 1. The standard InChI is InChI=1S/C13H22N2O4/c1-9-11(5-7-19-9)14(2)13(18)15-6-3-4-10(8-15)12(16)17/h9-11H,3-8H2,1-2H3,(H,16,17)/t9?,10-,11?/m1/s1.